The van der Waals surface area contributed by atoms with Crippen LogP contribution in [0.3, 0.4) is 0 Å². The van der Waals surface area contributed by atoms with Crippen LogP contribution in [0.25, 0.3) is 17.1 Å². The summed E-state index contributed by atoms with van der Waals surface area (Å²) in [5.41, 5.74) is 3.44. The highest BCUT2D eigenvalue weighted by atomic mass is 15.3. The molecule has 3 nitrogen and oxygen atoms in total. The van der Waals surface area contributed by atoms with E-state index in [1.165, 1.54) is 5.56 Å². The highest BCUT2D eigenvalue weighted by molar-refractivity contribution is 5.61. The average molecular weight is 235 g/mol. The molecule has 18 heavy (non-hydrogen) atoms. The van der Waals surface area contributed by atoms with Crippen LogP contribution in [0.4, 0.5) is 0 Å². The van der Waals surface area contributed by atoms with Crippen molar-refractivity contribution in [2.75, 3.05) is 0 Å². The lowest BCUT2D eigenvalue weighted by atomic mass is 10.1. The first-order valence-electron chi connectivity index (χ1n) is 5.87. The van der Waals surface area contributed by atoms with E-state index < -0.39 is 0 Å². The van der Waals surface area contributed by atoms with Gasteiger partial charge in [-0.3, -0.25) is 0 Å². The molecule has 3 aromatic rings. The highest BCUT2D eigenvalue weighted by Gasteiger charge is 2.07. The van der Waals surface area contributed by atoms with Gasteiger partial charge in [-0.2, -0.15) is 5.10 Å². The lowest BCUT2D eigenvalue weighted by Crippen LogP contribution is -2.00. The maximum Gasteiger partial charge on any atom is 0.153 e. The molecule has 2 heterocycles. The molecular weight excluding hydrogens is 222 g/mol. The molecule has 88 valence electrons. The van der Waals surface area contributed by atoms with Crippen LogP contribution in [0.5, 0.6) is 0 Å². The zero-order valence-electron chi connectivity index (χ0n) is 10.1. The Morgan fingerprint density at radius 2 is 1.72 bits per heavy atom. The normalized spacial score (nSPS) is 10.5. The Labute approximate surface area is 106 Å². The average Bonchev–Trinajstić information content (AvgIpc) is 2.90. The van der Waals surface area contributed by atoms with E-state index in [1.54, 1.807) is 12.4 Å². The molecule has 0 unspecified atom stereocenters. The standard InChI is InChI=1S/C15H13N3/c1-12-5-7-13(8-6-12)14-9-11-17-18(14)15-4-2-3-10-16-15/h2-11H,1H3. The van der Waals surface area contributed by atoms with Crippen molar-refractivity contribution in [2.24, 2.45) is 0 Å². The van der Waals surface area contributed by atoms with Crippen molar-refractivity contribution in [3.05, 3.63) is 66.5 Å². The van der Waals surface area contributed by atoms with Crippen molar-refractivity contribution in [3.63, 3.8) is 0 Å². The first-order chi connectivity index (χ1) is 8.84. The van der Waals surface area contributed by atoms with Crippen LogP contribution >= 0.6 is 0 Å². The lowest BCUT2D eigenvalue weighted by molar-refractivity contribution is 0.854. The molecule has 0 fully saturated rings. The molecule has 2 aromatic heterocycles. The predicted octanol–water partition coefficient (Wildman–Crippen LogP) is 3.24. The van der Waals surface area contributed by atoms with Gasteiger partial charge in [0.1, 0.15) is 0 Å². The van der Waals surface area contributed by atoms with Gasteiger partial charge in [0.2, 0.25) is 0 Å². The molecule has 0 aliphatic heterocycles. The van der Waals surface area contributed by atoms with Crippen molar-refractivity contribution in [3.8, 4) is 17.1 Å². The summed E-state index contributed by atoms with van der Waals surface area (Å²) in [7, 11) is 0. The Balaban J connectivity index is 2.10. The van der Waals surface area contributed by atoms with Crippen LogP contribution in [0.2, 0.25) is 0 Å². The van der Waals surface area contributed by atoms with E-state index in [0.29, 0.717) is 0 Å². The van der Waals surface area contributed by atoms with E-state index in [-0.39, 0.29) is 0 Å². The van der Waals surface area contributed by atoms with Gasteiger partial charge < -0.3 is 0 Å². The maximum absolute atomic E-state index is 4.34. The second kappa shape index (κ2) is 4.45. The molecule has 3 rings (SSSR count). The Bertz CT molecular complexity index is 639. The number of aryl methyl sites for hydroxylation is 1. The quantitative estimate of drug-likeness (QED) is 0.682. The van der Waals surface area contributed by atoms with Crippen molar-refractivity contribution < 1.29 is 0 Å². The van der Waals surface area contributed by atoms with Crippen LogP contribution in [0.1, 0.15) is 5.56 Å². The summed E-state index contributed by atoms with van der Waals surface area (Å²) in [6.07, 6.45) is 3.57. The van der Waals surface area contributed by atoms with Crippen molar-refractivity contribution in [1.82, 2.24) is 14.8 Å². The molecule has 0 spiro atoms. The molecule has 0 aliphatic carbocycles. The molecule has 1 aromatic carbocycles. The number of hydrogen-bond donors (Lipinski definition) is 0. The first-order valence-corrected chi connectivity index (χ1v) is 5.87. The summed E-state index contributed by atoms with van der Waals surface area (Å²) < 4.78 is 1.85. The molecule has 0 radical (unpaired) electrons. The van der Waals surface area contributed by atoms with Gasteiger partial charge in [0.15, 0.2) is 5.82 Å². The summed E-state index contributed by atoms with van der Waals surface area (Å²) in [6.45, 7) is 2.08. The minimum atomic E-state index is 0.832. The van der Waals surface area contributed by atoms with Crippen LogP contribution in [0.15, 0.2) is 60.9 Å². The van der Waals surface area contributed by atoms with E-state index in [0.717, 1.165) is 17.1 Å². The van der Waals surface area contributed by atoms with Crippen LogP contribution in [-0.4, -0.2) is 14.8 Å². The molecule has 0 aliphatic rings. The lowest BCUT2D eigenvalue weighted by Gasteiger charge is -2.06. The monoisotopic (exact) mass is 235 g/mol. The third-order valence-corrected chi connectivity index (χ3v) is 2.86. The second-order valence-electron chi connectivity index (χ2n) is 4.18. The summed E-state index contributed by atoms with van der Waals surface area (Å²) >= 11 is 0. The topological polar surface area (TPSA) is 30.7 Å². The largest absolute Gasteiger partial charge is 0.237 e. The summed E-state index contributed by atoms with van der Waals surface area (Å²) in [5.74, 6) is 0.832. The van der Waals surface area contributed by atoms with E-state index in [2.05, 4.69) is 41.3 Å². The summed E-state index contributed by atoms with van der Waals surface area (Å²) in [4.78, 5) is 4.33. The minimum absolute atomic E-state index is 0.832. The predicted molar refractivity (Wildman–Crippen MR) is 71.5 cm³/mol. The Kier molecular flexibility index (Phi) is 2.65. The zero-order chi connectivity index (χ0) is 12.4. The summed E-state index contributed by atoms with van der Waals surface area (Å²) in [6, 6.07) is 16.2. The van der Waals surface area contributed by atoms with E-state index in [4.69, 9.17) is 0 Å². The van der Waals surface area contributed by atoms with Crippen LogP contribution in [0, 0.1) is 6.92 Å². The number of hydrogen-bond acceptors (Lipinski definition) is 2. The van der Waals surface area contributed by atoms with Gasteiger partial charge in [0.25, 0.3) is 0 Å². The third kappa shape index (κ3) is 1.91. The second-order valence-corrected chi connectivity index (χ2v) is 4.18. The number of benzene rings is 1. The summed E-state index contributed by atoms with van der Waals surface area (Å²) in [5, 5.41) is 4.34. The molecule has 0 amide bonds. The minimum Gasteiger partial charge on any atom is -0.237 e. The molecule has 0 N–H and O–H groups in total. The molecule has 0 bridgehead atoms. The van der Waals surface area contributed by atoms with Gasteiger partial charge in [-0.1, -0.05) is 35.9 Å². The Morgan fingerprint density at radius 1 is 0.889 bits per heavy atom. The SMILES string of the molecule is Cc1ccc(-c2ccnn2-c2ccccn2)cc1. The Hall–Kier alpha value is -2.42. The van der Waals surface area contributed by atoms with Gasteiger partial charge in [0, 0.05) is 11.8 Å². The zero-order valence-corrected chi connectivity index (χ0v) is 10.1. The number of nitrogens with zero attached hydrogens (tertiary/aromatic N) is 3. The van der Waals surface area contributed by atoms with E-state index in [1.807, 2.05) is 28.9 Å². The van der Waals surface area contributed by atoms with Gasteiger partial charge >= 0.3 is 0 Å². The number of aromatic nitrogens is 3. The van der Waals surface area contributed by atoms with Gasteiger partial charge in [0.05, 0.1) is 11.9 Å². The van der Waals surface area contributed by atoms with Crippen LogP contribution < -0.4 is 0 Å². The smallest absolute Gasteiger partial charge is 0.153 e. The highest BCUT2D eigenvalue weighted by Crippen LogP contribution is 2.21. The van der Waals surface area contributed by atoms with Gasteiger partial charge in [-0.25, -0.2) is 9.67 Å². The number of pyridine rings is 1. The molecule has 0 atom stereocenters. The first kappa shape index (κ1) is 10.7. The third-order valence-electron chi connectivity index (χ3n) is 2.86. The molecule has 3 heteroatoms. The van der Waals surface area contributed by atoms with Crippen LogP contribution in [-0.2, 0) is 0 Å². The van der Waals surface area contributed by atoms with Gasteiger partial charge in [-0.05, 0) is 25.1 Å². The molecule has 0 saturated carbocycles. The molecular formula is C15H13N3. The van der Waals surface area contributed by atoms with E-state index >= 15 is 0 Å². The Morgan fingerprint density at radius 3 is 2.44 bits per heavy atom. The fourth-order valence-corrected chi connectivity index (χ4v) is 1.91. The van der Waals surface area contributed by atoms with Crippen molar-refractivity contribution in [2.45, 2.75) is 6.92 Å². The number of rotatable bonds is 2. The fraction of sp³-hybridized carbons (Fsp3) is 0.0667. The maximum atomic E-state index is 4.34. The fourth-order valence-electron chi connectivity index (χ4n) is 1.91. The molecule has 0 saturated heterocycles. The van der Waals surface area contributed by atoms with E-state index in [9.17, 15) is 0 Å². The van der Waals surface area contributed by atoms with Crippen molar-refractivity contribution in [1.29, 1.82) is 0 Å². The van der Waals surface area contributed by atoms with Gasteiger partial charge in [-0.15, -0.1) is 0 Å². The van der Waals surface area contributed by atoms with Crippen molar-refractivity contribution >= 4 is 0 Å².